The Hall–Kier alpha value is -3.94. The summed E-state index contributed by atoms with van der Waals surface area (Å²) in [5.41, 5.74) is 1.53. The van der Waals surface area contributed by atoms with Crippen molar-refractivity contribution < 1.29 is 31.8 Å². The number of ether oxygens (including phenoxy) is 2. The first-order chi connectivity index (χ1) is 18.7. The number of aromatic nitrogens is 2. The Morgan fingerprint density at radius 2 is 2.03 bits per heavy atom. The Morgan fingerprint density at radius 1 is 1.23 bits per heavy atom. The highest BCUT2D eigenvalue weighted by atomic mass is 32.2. The van der Waals surface area contributed by atoms with Crippen molar-refractivity contribution in [1.82, 2.24) is 9.97 Å². The molecule has 1 aliphatic rings. The highest BCUT2D eigenvalue weighted by molar-refractivity contribution is 7.92. The number of para-hydroxylation sites is 1. The fraction of sp³-hybridized carbons (Fsp3) is 0.192. The zero-order valence-corrected chi connectivity index (χ0v) is 22.3. The van der Waals surface area contributed by atoms with Gasteiger partial charge in [0.25, 0.3) is 10.0 Å². The molecule has 9 nitrogen and oxygen atoms in total. The number of pyridine rings is 1. The largest absolute Gasteiger partial charge is 0.504 e. The van der Waals surface area contributed by atoms with Crippen LogP contribution in [0.2, 0.25) is 0 Å². The van der Waals surface area contributed by atoms with Gasteiger partial charge < -0.3 is 14.6 Å². The molecule has 4 aromatic rings. The molecule has 0 radical (unpaired) electrons. The van der Waals surface area contributed by atoms with Crippen molar-refractivity contribution in [2.75, 3.05) is 25.0 Å². The van der Waals surface area contributed by atoms with Crippen molar-refractivity contribution in [1.29, 1.82) is 0 Å². The van der Waals surface area contributed by atoms with Crippen molar-refractivity contribution in [3.05, 3.63) is 76.3 Å². The van der Waals surface area contributed by atoms with E-state index in [1.807, 2.05) is 0 Å². The smallest absolute Gasteiger partial charge is 0.281 e. The van der Waals surface area contributed by atoms with E-state index in [2.05, 4.69) is 19.7 Å². The SMILES string of the molecule is COc1cccc(C=Nc2cnc(S(=O)(=O)Nc3nc(-c4ccc(C5COC5)c(F)c4)c(F)s3)c(C)c2)c1O. The molecule has 39 heavy (non-hydrogen) atoms. The molecule has 0 saturated carbocycles. The van der Waals surface area contributed by atoms with Crippen LogP contribution in [0.3, 0.4) is 0 Å². The lowest BCUT2D eigenvalue weighted by Crippen LogP contribution is -2.25. The minimum Gasteiger partial charge on any atom is -0.504 e. The van der Waals surface area contributed by atoms with E-state index >= 15 is 0 Å². The number of hydrogen-bond donors (Lipinski definition) is 2. The van der Waals surface area contributed by atoms with Crippen LogP contribution in [-0.2, 0) is 14.8 Å². The monoisotopic (exact) mass is 572 g/mol. The highest BCUT2D eigenvalue weighted by Crippen LogP contribution is 2.34. The number of aromatic hydroxyl groups is 1. The molecule has 202 valence electrons. The third-order valence-electron chi connectivity index (χ3n) is 6.03. The number of anilines is 1. The van der Waals surface area contributed by atoms with E-state index < -0.39 is 21.0 Å². The van der Waals surface area contributed by atoms with Gasteiger partial charge in [0.2, 0.25) is 5.13 Å². The molecule has 0 aliphatic carbocycles. The normalized spacial score (nSPS) is 13.9. The summed E-state index contributed by atoms with van der Waals surface area (Å²) in [6.45, 7) is 2.40. The van der Waals surface area contributed by atoms with E-state index in [9.17, 15) is 22.3 Å². The summed E-state index contributed by atoms with van der Waals surface area (Å²) in [4.78, 5) is 12.3. The number of halogens is 2. The van der Waals surface area contributed by atoms with Gasteiger partial charge in [-0.25, -0.2) is 14.4 Å². The second-order valence-corrected chi connectivity index (χ2v) is 11.2. The van der Waals surface area contributed by atoms with Gasteiger partial charge in [0, 0.05) is 23.3 Å². The van der Waals surface area contributed by atoms with Crippen molar-refractivity contribution in [3.63, 3.8) is 0 Å². The Morgan fingerprint density at radius 3 is 2.69 bits per heavy atom. The number of aryl methyl sites for hydroxylation is 1. The lowest BCUT2D eigenvalue weighted by Gasteiger charge is -2.26. The van der Waals surface area contributed by atoms with Crippen LogP contribution < -0.4 is 9.46 Å². The van der Waals surface area contributed by atoms with Crippen LogP contribution in [0.5, 0.6) is 11.5 Å². The number of rotatable bonds is 8. The summed E-state index contributed by atoms with van der Waals surface area (Å²) >= 11 is 0.486. The quantitative estimate of drug-likeness (QED) is 0.279. The van der Waals surface area contributed by atoms with Crippen LogP contribution >= 0.6 is 11.3 Å². The molecule has 1 aliphatic heterocycles. The van der Waals surface area contributed by atoms with Gasteiger partial charge in [0.1, 0.15) is 11.5 Å². The van der Waals surface area contributed by atoms with Crippen LogP contribution in [0, 0.1) is 17.9 Å². The van der Waals surface area contributed by atoms with Crippen LogP contribution in [-0.4, -0.2) is 50.0 Å². The third-order valence-corrected chi connectivity index (χ3v) is 8.32. The Labute approximate surface area is 226 Å². The average molecular weight is 573 g/mol. The molecule has 5 rings (SSSR count). The molecule has 1 fully saturated rings. The summed E-state index contributed by atoms with van der Waals surface area (Å²) in [5.74, 6) is -0.338. The molecular formula is C26H22F2N4O5S2. The molecule has 3 heterocycles. The summed E-state index contributed by atoms with van der Waals surface area (Å²) in [6, 6.07) is 10.7. The Bertz CT molecular complexity index is 1690. The van der Waals surface area contributed by atoms with Crippen LogP contribution in [0.15, 0.2) is 58.7 Å². The third kappa shape index (κ3) is 5.46. The van der Waals surface area contributed by atoms with E-state index in [1.54, 1.807) is 30.3 Å². The van der Waals surface area contributed by atoms with E-state index in [-0.39, 0.29) is 44.4 Å². The maximum absolute atomic E-state index is 14.7. The van der Waals surface area contributed by atoms with E-state index in [0.717, 1.165) is 0 Å². The van der Waals surface area contributed by atoms with Gasteiger partial charge in [-0.1, -0.05) is 29.5 Å². The second-order valence-electron chi connectivity index (χ2n) is 8.69. The van der Waals surface area contributed by atoms with Gasteiger partial charge in [0.05, 0.1) is 32.2 Å². The molecule has 0 unspecified atom stereocenters. The van der Waals surface area contributed by atoms with E-state index in [4.69, 9.17) is 9.47 Å². The topological polar surface area (TPSA) is 123 Å². The Kier molecular flexibility index (Phi) is 7.30. The minimum absolute atomic E-state index is 0.0384. The molecule has 2 aromatic carbocycles. The van der Waals surface area contributed by atoms with Gasteiger partial charge in [-0.3, -0.25) is 9.71 Å². The second kappa shape index (κ2) is 10.7. The first kappa shape index (κ1) is 26.7. The highest BCUT2D eigenvalue weighted by Gasteiger charge is 2.26. The standard InChI is InChI=1S/C26H22F2N4O5S2/c1-14-8-18(29-10-16-4-3-5-21(36-2)23(16)33)11-30-25(14)39(34,35)32-26-31-22(24(28)38-26)15-6-7-19(20(27)9-15)17-12-37-13-17/h3-11,17,33H,12-13H2,1-2H3,(H,31,32). The number of benzene rings is 2. The van der Waals surface area contributed by atoms with Gasteiger partial charge in [-0.2, -0.15) is 12.8 Å². The van der Waals surface area contributed by atoms with Crippen LogP contribution in [0.25, 0.3) is 11.3 Å². The van der Waals surface area contributed by atoms with Crippen molar-refractivity contribution in [3.8, 4) is 22.8 Å². The van der Waals surface area contributed by atoms with Crippen molar-refractivity contribution >= 4 is 38.4 Å². The molecule has 2 aromatic heterocycles. The number of aliphatic imine (C=N–C) groups is 1. The maximum Gasteiger partial charge on any atom is 0.281 e. The zero-order valence-electron chi connectivity index (χ0n) is 20.7. The number of thiazole rings is 1. The zero-order chi connectivity index (χ0) is 27.7. The molecule has 0 bridgehead atoms. The average Bonchev–Trinajstić information content (AvgIpc) is 3.22. The molecule has 1 saturated heterocycles. The van der Waals surface area contributed by atoms with Crippen LogP contribution in [0.4, 0.5) is 19.6 Å². The fourth-order valence-electron chi connectivity index (χ4n) is 3.96. The summed E-state index contributed by atoms with van der Waals surface area (Å²) in [7, 11) is -2.80. The maximum atomic E-state index is 14.7. The van der Waals surface area contributed by atoms with Gasteiger partial charge in [-0.15, -0.1) is 0 Å². The van der Waals surface area contributed by atoms with Crippen molar-refractivity contribution in [2.45, 2.75) is 17.9 Å². The Balaban J connectivity index is 1.34. The first-order valence-corrected chi connectivity index (χ1v) is 13.9. The molecule has 13 heteroatoms. The lowest BCUT2D eigenvalue weighted by atomic mass is 9.95. The fourth-order valence-corrected chi connectivity index (χ4v) is 6.07. The summed E-state index contributed by atoms with van der Waals surface area (Å²) in [6.07, 6.45) is 2.65. The molecule has 0 amide bonds. The molecular weight excluding hydrogens is 550 g/mol. The number of methoxy groups -OCH3 is 1. The number of phenols is 1. The van der Waals surface area contributed by atoms with E-state index in [1.165, 1.54) is 38.6 Å². The molecule has 0 spiro atoms. The van der Waals surface area contributed by atoms with Crippen molar-refractivity contribution in [2.24, 2.45) is 4.99 Å². The number of phenolic OH excluding ortho intramolecular Hbond substituents is 1. The van der Waals surface area contributed by atoms with Crippen LogP contribution in [0.1, 0.15) is 22.6 Å². The lowest BCUT2D eigenvalue weighted by molar-refractivity contribution is 0.00704. The summed E-state index contributed by atoms with van der Waals surface area (Å²) < 4.78 is 67.7. The predicted molar refractivity (Wildman–Crippen MR) is 143 cm³/mol. The number of nitrogens with one attached hydrogen (secondary N) is 1. The molecule has 0 atom stereocenters. The van der Waals surface area contributed by atoms with Gasteiger partial charge in [-0.05, 0) is 42.3 Å². The molecule has 2 N–H and O–H groups in total. The van der Waals surface area contributed by atoms with E-state index in [0.29, 0.717) is 41.4 Å². The number of nitrogens with zero attached hydrogens (tertiary/aromatic N) is 3. The predicted octanol–water partition coefficient (Wildman–Crippen LogP) is 5.17. The number of hydrogen-bond acceptors (Lipinski definition) is 9. The number of sulfonamides is 1. The summed E-state index contributed by atoms with van der Waals surface area (Å²) in [5, 5.41) is 8.91. The van der Waals surface area contributed by atoms with Gasteiger partial charge in [0.15, 0.2) is 21.7 Å². The van der Waals surface area contributed by atoms with Gasteiger partial charge >= 0.3 is 0 Å². The minimum atomic E-state index is -4.23. The first-order valence-electron chi connectivity index (χ1n) is 11.6.